The smallest absolute Gasteiger partial charge is 0.326 e. The van der Waals surface area contributed by atoms with Gasteiger partial charge in [0.15, 0.2) is 0 Å². The predicted octanol–water partition coefficient (Wildman–Crippen LogP) is -0.528. The molecule has 0 radical (unpaired) electrons. The van der Waals surface area contributed by atoms with E-state index in [-0.39, 0.29) is 38.1 Å². The highest BCUT2D eigenvalue weighted by Gasteiger charge is 2.21. The lowest BCUT2D eigenvalue weighted by molar-refractivity contribution is -0.140. The van der Waals surface area contributed by atoms with Crippen molar-refractivity contribution in [3.63, 3.8) is 0 Å². The van der Waals surface area contributed by atoms with Gasteiger partial charge in [-0.3, -0.25) is 9.59 Å². The first-order valence-corrected chi connectivity index (χ1v) is 6.44. The SMILES string of the molecule is CNC(=O)CCN(C)C(=O)N[C@H](CCCC(=O)O)C(=O)O. The summed E-state index contributed by atoms with van der Waals surface area (Å²) in [5.74, 6) is -2.48. The number of rotatable bonds is 9. The topological polar surface area (TPSA) is 136 Å². The Bertz CT molecular complexity index is 398. The molecule has 0 saturated heterocycles. The van der Waals surface area contributed by atoms with Crippen LogP contribution in [-0.4, -0.2) is 65.7 Å². The molecule has 0 aliphatic heterocycles. The van der Waals surface area contributed by atoms with Gasteiger partial charge in [-0.05, 0) is 12.8 Å². The maximum Gasteiger partial charge on any atom is 0.326 e. The van der Waals surface area contributed by atoms with Gasteiger partial charge in [-0.1, -0.05) is 0 Å². The maximum atomic E-state index is 11.8. The number of amides is 3. The van der Waals surface area contributed by atoms with Crippen LogP contribution < -0.4 is 10.6 Å². The fraction of sp³-hybridized carbons (Fsp3) is 0.667. The van der Waals surface area contributed by atoms with E-state index in [4.69, 9.17) is 10.2 Å². The number of hydrogen-bond acceptors (Lipinski definition) is 4. The number of hydrogen-bond donors (Lipinski definition) is 4. The minimum Gasteiger partial charge on any atom is -0.481 e. The lowest BCUT2D eigenvalue weighted by atomic mass is 10.1. The molecule has 0 bridgehead atoms. The van der Waals surface area contributed by atoms with E-state index in [0.717, 1.165) is 0 Å². The van der Waals surface area contributed by atoms with Crippen molar-refractivity contribution in [1.82, 2.24) is 15.5 Å². The van der Waals surface area contributed by atoms with Gasteiger partial charge in [-0.15, -0.1) is 0 Å². The highest BCUT2D eigenvalue weighted by atomic mass is 16.4. The highest BCUT2D eigenvalue weighted by molar-refractivity contribution is 5.83. The third kappa shape index (κ3) is 8.45. The molecule has 0 heterocycles. The maximum absolute atomic E-state index is 11.8. The van der Waals surface area contributed by atoms with Crippen molar-refractivity contribution in [3.05, 3.63) is 0 Å². The lowest BCUT2D eigenvalue weighted by Crippen LogP contribution is -2.47. The van der Waals surface area contributed by atoms with Gasteiger partial charge in [0.2, 0.25) is 5.91 Å². The third-order valence-electron chi connectivity index (χ3n) is 2.78. The molecule has 0 unspecified atom stereocenters. The molecule has 0 aromatic heterocycles. The summed E-state index contributed by atoms with van der Waals surface area (Å²) in [5, 5.41) is 22.2. The Kier molecular flexibility index (Phi) is 8.51. The van der Waals surface area contributed by atoms with Crippen LogP contribution in [0.3, 0.4) is 0 Å². The second kappa shape index (κ2) is 9.56. The number of aliphatic carboxylic acids is 2. The van der Waals surface area contributed by atoms with Crippen molar-refractivity contribution < 1.29 is 29.4 Å². The Labute approximate surface area is 122 Å². The van der Waals surface area contributed by atoms with Crippen molar-refractivity contribution in [2.75, 3.05) is 20.6 Å². The summed E-state index contributed by atoms with van der Waals surface area (Å²) in [6, 6.07) is -1.78. The van der Waals surface area contributed by atoms with Crippen molar-refractivity contribution in [2.24, 2.45) is 0 Å². The van der Waals surface area contributed by atoms with Gasteiger partial charge in [-0.25, -0.2) is 9.59 Å². The number of urea groups is 1. The van der Waals surface area contributed by atoms with Gasteiger partial charge in [0, 0.05) is 33.5 Å². The van der Waals surface area contributed by atoms with Gasteiger partial charge in [0.05, 0.1) is 0 Å². The molecule has 120 valence electrons. The molecule has 1 atom stereocenters. The monoisotopic (exact) mass is 303 g/mol. The number of carbonyl (C=O) groups is 4. The fourth-order valence-corrected chi connectivity index (χ4v) is 1.47. The minimum absolute atomic E-state index is 0.0245. The Morgan fingerprint density at radius 1 is 1.14 bits per heavy atom. The molecule has 3 amide bonds. The van der Waals surface area contributed by atoms with Gasteiger partial charge in [0.25, 0.3) is 0 Å². The van der Waals surface area contributed by atoms with Crippen LogP contribution in [0.5, 0.6) is 0 Å². The normalized spacial score (nSPS) is 11.3. The van der Waals surface area contributed by atoms with E-state index in [1.807, 2.05) is 0 Å². The van der Waals surface area contributed by atoms with E-state index in [9.17, 15) is 19.2 Å². The standard InChI is InChI=1S/C12H21N3O6/c1-13-9(16)6-7-15(2)12(21)14-8(11(19)20)4-3-5-10(17)18/h8H,3-7H2,1-2H3,(H,13,16)(H,14,21)(H,17,18)(H,19,20)/t8-/m1/s1. The molecule has 21 heavy (non-hydrogen) atoms. The second-order valence-corrected chi connectivity index (χ2v) is 4.47. The molecular formula is C12H21N3O6. The first kappa shape index (κ1) is 18.7. The Morgan fingerprint density at radius 3 is 2.24 bits per heavy atom. The molecule has 0 saturated carbocycles. The van der Waals surface area contributed by atoms with E-state index in [0.29, 0.717) is 0 Å². The minimum atomic E-state index is -1.23. The van der Waals surface area contributed by atoms with Crippen molar-refractivity contribution >= 4 is 23.9 Å². The second-order valence-electron chi connectivity index (χ2n) is 4.47. The quantitative estimate of drug-likeness (QED) is 0.452. The molecule has 0 spiro atoms. The Hall–Kier alpha value is -2.32. The molecule has 4 N–H and O–H groups in total. The van der Waals surface area contributed by atoms with Crippen LogP contribution in [0, 0.1) is 0 Å². The summed E-state index contributed by atoms with van der Waals surface area (Å²) >= 11 is 0. The van der Waals surface area contributed by atoms with Crippen LogP contribution in [0.2, 0.25) is 0 Å². The summed E-state index contributed by atoms with van der Waals surface area (Å²) in [6.45, 7) is 0.146. The van der Waals surface area contributed by atoms with Crippen molar-refractivity contribution in [2.45, 2.75) is 31.7 Å². The van der Waals surface area contributed by atoms with Gasteiger partial charge in [-0.2, -0.15) is 0 Å². The predicted molar refractivity (Wildman–Crippen MR) is 72.8 cm³/mol. The molecule has 0 rings (SSSR count). The Morgan fingerprint density at radius 2 is 1.76 bits per heavy atom. The number of carboxylic acid groups (broad SMARTS) is 2. The van der Waals surface area contributed by atoms with Crippen LogP contribution in [0.25, 0.3) is 0 Å². The largest absolute Gasteiger partial charge is 0.481 e. The summed E-state index contributed by atoms with van der Waals surface area (Å²) < 4.78 is 0. The molecule has 0 aromatic rings. The van der Waals surface area contributed by atoms with Crippen LogP contribution in [0.4, 0.5) is 4.79 Å². The molecular weight excluding hydrogens is 282 g/mol. The summed E-state index contributed by atoms with van der Waals surface area (Å²) in [5.41, 5.74) is 0. The van der Waals surface area contributed by atoms with Crippen molar-refractivity contribution in [1.29, 1.82) is 0 Å². The molecule has 0 aliphatic carbocycles. The zero-order valence-electron chi connectivity index (χ0n) is 12.1. The van der Waals surface area contributed by atoms with Gasteiger partial charge < -0.3 is 25.7 Å². The molecule has 9 nitrogen and oxygen atoms in total. The van der Waals surface area contributed by atoms with E-state index in [1.54, 1.807) is 0 Å². The number of nitrogens with one attached hydrogen (secondary N) is 2. The van der Waals surface area contributed by atoms with Crippen LogP contribution in [0.15, 0.2) is 0 Å². The van der Waals surface area contributed by atoms with Crippen LogP contribution in [-0.2, 0) is 14.4 Å². The summed E-state index contributed by atoms with van der Waals surface area (Å²) in [6.07, 6.45) is 0.120. The lowest BCUT2D eigenvalue weighted by Gasteiger charge is -2.21. The average Bonchev–Trinajstić information content (AvgIpc) is 2.42. The summed E-state index contributed by atoms with van der Waals surface area (Å²) in [4.78, 5) is 45.4. The number of nitrogens with zero attached hydrogens (tertiary/aromatic N) is 1. The Balaban J connectivity index is 4.29. The van der Waals surface area contributed by atoms with E-state index in [1.165, 1.54) is 19.0 Å². The summed E-state index contributed by atoms with van der Waals surface area (Å²) in [7, 11) is 2.92. The average molecular weight is 303 g/mol. The molecule has 0 aromatic carbocycles. The van der Waals surface area contributed by atoms with Gasteiger partial charge >= 0.3 is 18.0 Å². The van der Waals surface area contributed by atoms with Crippen molar-refractivity contribution in [3.8, 4) is 0 Å². The number of carboxylic acids is 2. The molecule has 0 fully saturated rings. The van der Waals surface area contributed by atoms with E-state index >= 15 is 0 Å². The van der Waals surface area contributed by atoms with E-state index < -0.39 is 24.0 Å². The molecule has 9 heteroatoms. The first-order valence-electron chi connectivity index (χ1n) is 6.44. The fourth-order valence-electron chi connectivity index (χ4n) is 1.47. The number of carbonyl (C=O) groups excluding carboxylic acids is 2. The van der Waals surface area contributed by atoms with Crippen LogP contribution in [0.1, 0.15) is 25.7 Å². The third-order valence-corrected chi connectivity index (χ3v) is 2.78. The zero-order chi connectivity index (χ0) is 16.4. The van der Waals surface area contributed by atoms with Gasteiger partial charge in [0.1, 0.15) is 6.04 Å². The first-order chi connectivity index (χ1) is 9.77. The molecule has 0 aliphatic rings. The van der Waals surface area contributed by atoms with E-state index in [2.05, 4.69) is 10.6 Å². The zero-order valence-corrected chi connectivity index (χ0v) is 12.1. The highest BCUT2D eigenvalue weighted by Crippen LogP contribution is 2.03. The van der Waals surface area contributed by atoms with Crippen LogP contribution >= 0.6 is 0 Å².